The molecule has 1 aromatic carbocycles. The van der Waals surface area contributed by atoms with Gasteiger partial charge in [0.1, 0.15) is 11.6 Å². The summed E-state index contributed by atoms with van der Waals surface area (Å²) in [6.07, 6.45) is 0.781. The van der Waals surface area contributed by atoms with Gasteiger partial charge >= 0.3 is 0 Å². The number of aromatic nitrogens is 2. The van der Waals surface area contributed by atoms with Gasteiger partial charge in [0.25, 0.3) is 0 Å². The van der Waals surface area contributed by atoms with Crippen LogP contribution in [0.5, 0.6) is 0 Å². The number of methoxy groups -OCH3 is 1. The number of hydrogen-bond donors (Lipinski definition) is 0. The molecule has 116 valence electrons. The Morgan fingerprint density at radius 3 is 2.81 bits per heavy atom. The van der Waals surface area contributed by atoms with E-state index in [0.29, 0.717) is 43.2 Å². The zero-order valence-electron chi connectivity index (χ0n) is 11.7. The summed E-state index contributed by atoms with van der Waals surface area (Å²) in [5, 5.41) is 0.0659. The van der Waals surface area contributed by atoms with Crippen LogP contribution < -0.4 is 0 Å². The highest BCUT2D eigenvalue weighted by atomic mass is 35.5. The van der Waals surface area contributed by atoms with Crippen molar-refractivity contribution >= 4 is 34.2 Å². The van der Waals surface area contributed by atoms with Crippen molar-refractivity contribution in [3.8, 4) is 0 Å². The number of imidazole rings is 1. The normalized spacial score (nSPS) is 11.4. The fourth-order valence-electron chi connectivity index (χ4n) is 2.09. The molecule has 2 aromatic rings. The third kappa shape index (κ3) is 4.07. The minimum atomic E-state index is -0.456. The van der Waals surface area contributed by atoms with E-state index in [9.17, 15) is 4.39 Å². The second kappa shape index (κ2) is 7.94. The Morgan fingerprint density at radius 2 is 2.10 bits per heavy atom. The van der Waals surface area contributed by atoms with Crippen molar-refractivity contribution < 1.29 is 13.9 Å². The molecule has 0 bridgehead atoms. The number of fused-ring (bicyclic) bond motifs is 1. The lowest BCUT2D eigenvalue weighted by molar-refractivity contribution is 0.0681. The molecule has 0 saturated carbocycles. The predicted octanol–water partition coefficient (Wildman–Crippen LogP) is 3.62. The van der Waals surface area contributed by atoms with Gasteiger partial charge in [-0.3, -0.25) is 0 Å². The Balaban J connectivity index is 2.08. The van der Waals surface area contributed by atoms with Gasteiger partial charge in [0, 0.05) is 26.3 Å². The van der Waals surface area contributed by atoms with Crippen molar-refractivity contribution in [1.29, 1.82) is 0 Å². The molecule has 0 fully saturated rings. The van der Waals surface area contributed by atoms with Crippen LogP contribution in [0.1, 0.15) is 12.2 Å². The van der Waals surface area contributed by atoms with Gasteiger partial charge in [0.15, 0.2) is 0 Å². The number of rotatable bonds is 8. The standard InChI is InChI=1S/C14H17Cl2FN2O2/c1-20-5-6-21-4-2-3-19-13-8-11(17)10(16)7-12(13)18-14(19)9-15/h7-8H,2-6,9H2,1H3. The Morgan fingerprint density at radius 1 is 1.29 bits per heavy atom. The summed E-state index contributed by atoms with van der Waals surface area (Å²) >= 11 is 11.7. The molecule has 0 aliphatic heterocycles. The van der Waals surface area contributed by atoms with Crippen LogP contribution in [0.2, 0.25) is 5.02 Å². The predicted molar refractivity (Wildman–Crippen MR) is 81.6 cm³/mol. The molecule has 21 heavy (non-hydrogen) atoms. The maximum absolute atomic E-state index is 13.6. The van der Waals surface area contributed by atoms with E-state index in [4.69, 9.17) is 32.7 Å². The lowest BCUT2D eigenvalue weighted by Gasteiger charge is -2.08. The van der Waals surface area contributed by atoms with Crippen molar-refractivity contribution in [3.05, 3.63) is 28.8 Å². The number of halogens is 3. The van der Waals surface area contributed by atoms with Gasteiger partial charge < -0.3 is 14.0 Å². The topological polar surface area (TPSA) is 36.3 Å². The van der Waals surface area contributed by atoms with Crippen molar-refractivity contribution in [2.45, 2.75) is 18.8 Å². The highest BCUT2D eigenvalue weighted by Gasteiger charge is 2.12. The third-order valence-corrected chi connectivity index (χ3v) is 3.62. The first kappa shape index (κ1) is 16.5. The molecule has 0 amide bonds. The molecule has 0 radical (unpaired) electrons. The Kier molecular flexibility index (Phi) is 6.23. The molecular formula is C14H17Cl2FN2O2. The van der Waals surface area contributed by atoms with Crippen LogP contribution in [0, 0.1) is 5.82 Å². The molecule has 0 aliphatic rings. The maximum atomic E-state index is 13.6. The minimum Gasteiger partial charge on any atom is -0.382 e. The second-order valence-electron chi connectivity index (χ2n) is 4.53. The van der Waals surface area contributed by atoms with Crippen LogP contribution in [0.4, 0.5) is 4.39 Å². The van der Waals surface area contributed by atoms with Gasteiger partial charge in [-0.1, -0.05) is 11.6 Å². The molecule has 7 heteroatoms. The lowest BCUT2D eigenvalue weighted by atomic mass is 10.3. The number of hydrogen-bond acceptors (Lipinski definition) is 3. The SMILES string of the molecule is COCCOCCCn1c(CCl)nc2cc(Cl)c(F)cc21. The summed E-state index contributed by atoms with van der Waals surface area (Å²) in [5.41, 5.74) is 1.35. The first-order valence-electron chi connectivity index (χ1n) is 6.64. The first-order chi connectivity index (χ1) is 10.2. The van der Waals surface area contributed by atoms with Gasteiger partial charge in [-0.2, -0.15) is 0 Å². The summed E-state index contributed by atoms with van der Waals surface area (Å²) < 4.78 is 25.8. The summed E-state index contributed by atoms with van der Waals surface area (Å²) in [7, 11) is 1.63. The van der Waals surface area contributed by atoms with Crippen molar-refractivity contribution in [3.63, 3.8) is 0 Å². The summed E-state index contributed by atoms with van der Waals surface area (Å²) in [6, 6.07) is 2.92. The number of aryl methyl sites for hydroxylation is 1. The zero-order chi connectivity index (χ0) is 15.2. The van der Waals surface area contributed by atoms with E-state index in [1.165, 1.54) is 12.1 Å². The van der Waals surface area contributed by atoms with Crippen LogP contribution in [-0.2, 0) is 21.9 Å². The number of alkyl halides is 1. The van der Waals surface area contributed by atoms with E-state index in [1.807, 2.05) is 4.57 Å². The molecule has 1 aromatic heterocycles. The van der Waals surface area contributed by atoms with Crippen molar-refractivity contribution in [1.82, 2.24) is 9.55 Å². The second-order valence-corrected chi connectivity index (χ2v) is 5.20. The molecule has 0 atom stereocenters. The number of benzene rings is 1. The van der Waals surface area contributed by atoms with E-state index in [1.54, 1.807) is 7.11 Å². The Hall–Kier alpha value is -0.880. The van der Waals surface area contributed by atoms with Crippen LogP contribution >= 0.6 is 23.2 Å². The molecule has 2 rings (SSSR count). The highest BCUT2D eigenvalue weighted by Crippen LogP contribution is 2.24. The van der Waals surface area contributed by atoms with Crippen LogP contribution in [-0.4, -0.2) is 36.5 Å². The first-order valence-corrected chi connectivity index (χ1v) is 7.55. The van der Waals surface area contributed by atoms with E-state index >= 15 is 0 Å². The monoisotopic (exact) mass is 334 g/mol. The number of ether oxygens (including phenoxy) is 2. The average molecular weight is 335 g/mol. The zero-order valence-corrected chi connectivity index (χ0v) is 13.3. The molecule has 1 heterocycles. The van der Waals surface area contributed by atoms with Crippen molar-refractivity contribution in [2.24, 2.45) is 0 Å². The van der Waals surface area contributed by atoms with Crippen LogP contribution in [0.15, 0.2) is 12.1 Å². The highest BCUT2D eigenvalue weighted by molar-refractivity contribution is 6.31. The van der Waals surface area contributed by atoms with Gasteiger partial charge in [-0.05, 0) is 12.5 Å². The number of nitrogens with zero attached hydrogens (tertiary/aromatic N) is 2. The fraction of sp³-hybridized carbons (Fsp3) is 0.500. The lowest BCUT2D eigenvalue weighted by Crippen LogP contribution is -2.08. The van der Waals surface area contributed by atoms with E-state index in [2.05, 4.69) is 4.98 Å². The molecule has 0 unspecified atom stereocenters. The van der Waals surface area contributed by atoms with Gasteiger partial charge in [-0.15, -0.1) is 11.6 Å². The van der Waals surface area contributed by atoms with Crippen molar-refractivity contribution in [2.75, 3.05) is 26.9 Å². The molecular weight excluding hydrogens is 318 g/mol. The maximum Gasteiger partial charge on any atom is 0.144 e. The molecule has 4 nitrogen and oxygen atoms in total. The summed E-state index contributed by atoms with van der Waals surface area (Å²) in [6.45, 7) is 2.39. The van der Waals surface area contributed by atoms with E-state index in [-0.39, 0.29) is 10.9 Å². The van der Waals surface area contributed by atoms with Gasteiger partial charge in [0.2, 0.25) is 0 Å². The average Bonchev–Trinajstić information content (AvgIpc) is 2.80. The summed E-state index contributed by atoms with van der Waals surface area (Å²) in [4.78, 5) is 4.38. The molecule has 0 spiro atoms. The van der Waals surface area contributed by atoms with Crippen LogP contribution in [0.3, 0.4) is 0 Å². The quantitative estimate of drug-likeness (QED) is 0.546. The molecule has 0 N–H and O–H groups in total. The van der Waals surface area contributed by atoms with Gasteiger partial charge in [0.05, 0.1) is 35.1 Å². The largest absolute Gasteiger partial charge is 0.382 e. The van der Waals surface area contributed by atoms with Gasteiger partial charge in [-0.25, -0.2) is 9.37 Å². The minimum absolute atomic E-state index is 0.0659. The Labute approximate surface area is 132 Å². The Bertz CT molecular complexity index is 604. The molecule has 0 aliphatic carbocycles. The summed E-state index contributed by atoms with van der Waals surface area (Å²) in [5.74, 6) is 0.506. The third-order valence-electron chi connectivity index (χ3n) is 3.09. The van der Waals surface area contributed by atoms with Crippen LogP contribution in [0.25, 0.3) is 11.0 Å². The molecule has 0 saturated heterocycles. The van der Waals surface area contributed by atoms with E-state index in [0.717, 1.165) is 6.42 Å². The fourth-order valence-corrected chi connectivity index (χ4v) is 2.45. The smallest absolute Gasteiger partial charge is 0.144 e. The van der Waals surface area contributed by atoms with E-state index < -0.39 is 5.82 Å².